The lowest BCUT2D eigenvalue weighted by Crippen LogP contribution is -2.32. The molecule has 5 heteroatoms. The van der Waals surface area contributed by atoms with E-state index in [0.29, 0.717) is 5.41 Å². The molecule has 1 aromatic heterocycles. The van der Waals surface area contributed by atoms with E-state index in [-0.39, 0.29) is 0 Å². The zero-order chi connectivity index (χ0) is 13.9. The Labute approximate surface area is 120 Å². The second-order valence-corrected chi connectivity index (χ2v) is 6.22. The van der Waals surface area contributed by atoms with Crippen molar-refractivity contribution in [2.45, 2.75) is 40.0 Å². The summed E-state index contributed by atoms with van der Waals surface area (Å²) in [6.45, 7) is 7.61. The van der Waals surface area contributed by atoms with E-state index in [1.165, 1.54) is 12.8 Å². The molecule has 0 spiro atoms. The van der Waals surface area contributed by atoms with Gasteiger partial charge in [0.1, 0.15) is 0 Å². The van der Waals surface area contributed by atoms with Gasteiger partial charge in [-0.2, -0.15) is 5.10 Å². The topological polar surface area (TPSA) is 42.2 Å². The summed E-state index contributed by atoms with van der Waals surface area (Å²) in [7, 11) is 1.96. The van der Waals surface area contributed by atoms with Crippen LogP contribution in [0, 0.1) is 5.41 Å². The molecule has 0 bridgehead atoms. The van der Waals surface area contributed by atoms with Crippen molar-refractivity contribution in [1.29, 1.82) is 0 Å². The van der Waals surface area contributed by atoms with E-state index in [1.54, 1.807) is 0 Å². The minimum atomic E-state index is 0.401. The fourth-order valence-electron chi connectivity index (χ4n) is 2.32. The fraction of sp³-hybridized carbons (Fsp3) is 0.714. The van der Waals surface area contributed by atoms with E-state index in [1.807, 2.05) is 29.7 Å². The van der Waals surface area contributed by atoms with Crippen molar-refractivity contribution < 1.29 is 0 Å². The van der Waals surface area contributed by atoms with Crippen LogP contribution in [0.2, 0.25) is 0 Å². The van der Waals surface area contributed by atoms with Crippen LogP contribution >= 0.6 is 11.8 Å². The van der Waals surface area contributed by atoms with Crippen LogP contribution in [-0.4, -0.2) is 27.2 Å². The molecule has 1 aliphatic heterocycles. The maximum absolute atomic E-state index is 4.74. The van der Waals surface area contributed by atoms with Gasteiger partial charge >= 0.3 is 0 Å². The summed E-state index contributed by atoms with van der Waals surface area (Å²) in [5.74, 6) is 1.16. The molecule has 106 valence electrons. The number of nitrogens with one attached hydrogen (secondary N) is 1. The fourth-order valence-corrected chi connectivity index (χ4v) is 3.60. The molecule has 19 heavy (non-hydrogen) atoms. The molecule has 1 aliphatic rings. The third-order valence-corrected chi connectivity index (χ3v) is 5.32. The molecule has 0 amide bonds. The third-order valence-electron chi connectivity index (χ3n) is 4.05. The summed E-state index contributed by atoms with van der Waals surface area (Å²) in [4.78, 5) is 4.74. The smallest absolute Gasteiger partial charge is 0.161 e. The van der Waals surface area contributed by atoms with Crippen molar-refractivity contribution in [2.24, 2.45) is 17.5 Å². The van der Waals surface area contributed by atoms with E-state index in [0.717, 1.165) is 35.3 Å². The normalized spacial score (nSPS) is 18.2. The van der Waals surface area contributed by atoms with Crippen molar-refractivity contribution in [1.82, 2.24) is 9.78 Å². The molecule has 0 saturated carbocycles. The van der Waals surface area contributed by atoms with Gasteiger partial charge in [-0.15, -0.1) is 0 Å². The van der Waals surface area contributed by atoms with Crippen LogP contribution in [0.25, 0.3) is 0 Å². The largest absolute Gasteiger partial charge is 0.332 e. The highest BCUT2D eigenvalue weighted by Crippen LogP contribution is 2.35. The Balaban J connectivity index is 2.07. The van der Waals surface area contributed by atoms with Crippen LogP contribution in [0.5, 0.6) is 0 Å². The van der Waals surface area contributed by atoms with Crippen molar-refractivity contribution in [2.75, 3.05) is 17.6 Å². The third kappa shape index (κ3) is 3.14. The molecule has 0 atom stereocenters. The van der Waals surface area contributed by atoms with Crippen molar-refractivity contribution >= 4 is 22.6 Å². The van der Waals surface area contributed by atoms with Crippen molar-refractivity contribution in [3.63, 3.8) is 0 Å². The Kier molecular flexibility index (Phi) is 4.55. The number of nitrogens with zero attached hydrogens (tertiary/aromatic N) is 3. The first-order chi connectivity index (χ1) is 9.12. The Bertz CT molecular complexity index is 460. The van der Waals surface area contributed by atoms with Gasteiger partial charge in [0.25, 0.3) is 0 Å². The minimum absolute atomic E-state index is 0.401. The van der Waals surface area contributed by atoms with Gasteiger partial charge in [0.15, 0.2) is 5.17 Å². The molecule has 0 aromatic carbocycles. The monoisotopic (exact) mass is 280 g/mol. The van der Waals surface area contributed by atoms with Gasteiger partial charge in [0, 0.05) is 25.5 Å². The molecular weight excluding hydrogens is 256 g/mol. The Hall–Kier alpha value is -0.970. The van der Waals surface area contributed by atoms with Crippen LogP contribution in [0.1, 0.15) is 39.3 Å². The van der Waals surface area contributed by atoms with Gasteiger partial charge in [0.2, 0.25) is 0 Å². The summed E-state index contributed by atoms with van der Waals surface area (Å²) in [6, 6.07) is 0. The highest BCUT2D eigenvalue weighted by molar-refractivity contribution is 8.14. The highest BCUT2D eigenvalue weighted by atomic mass is 32.2. The summed E-state index contributed by atoms with van der Waals surface area (Å²) >= 11 is 1.84. The lowest BCUT2D eigenvalue weighted by molar-refractivity contribution is 0.318. The second-order valence-electron chi connectivity index (χ2n) is 5.26. The molecule has 2 heterocycles. The number of amidine groups is 1. The predicted molar refractivity (Wildman–Crippen MR) is 84.0 cm³/mol. The molecule has 0 radical (unpaired) electrons. The first kappa shape index (κ1) is 14.4. The number of hydrogen-bond acceptors (Lipinski definition) is 4. The minimum Gasteiger partial charge on any atom is -0.332 e. The van der Waals surface area contributed by atoms with Crippen LogP contribution in [0.15, 0.2) is 11.2 Å². The van der Waals surface area contributed by atoms with Crippen LogP contribution in [0.3, 0.4) is 0 Å². The lowest BCUT2D eigenvalue weighted by atomic mass is 9.84. The van der Waals surface area contributed by atoms with E-state index in [4.69, 9.17) is 4.99 Å². The maximum Gasteiger partial charge on any atom is 0.161 e. The molecule has 2 rings (SSSR count). The molecule has 0 unspecified atom stereocenters. The summed E-state index contributed by atoms with van der Waals surface area (Å²) in [5.41, 5.74) is 2.60. The van der Waals surface area contributed by atoms with Gasteiger partial charge in [-0.25, -0.2) is 0 Å². The standard InChI is InChI=1S/C14H24N4S/c1-5-11-12(8-18(4)17-11)16-13-15-9-14(6-2,7-3)10-19-13/h8H,5-7,9-10H2,1-4H3,(H,15,16). The van der Waals surface area contributed by atoms with Gasteiger partial charge < -0.3 is 5.32 Å². The van der Waals surface area contributed by atoms with Crippen molar-refractivity contribution in [3.8, 4) is 0 Å². The first-order valence-electron chi connectivity index (χ1n) is 7.09. The first-order valence-corrected chi connectivity index (χ1v) is 8.08. The summed E-state index contributed by atoms with van der Waals surface area (Å²) < 4.78 is 1.86. The zero-order valence-electron chi connectivity index (χ0n) is 12.4. The predicted octanol–water partition coefficient (Wildman–Crippen LogP) is 3.30. The molecular formula is C14H24N4S. The van der Waals surface area contributed by atoms with Crippen LogP contribution in [0.4, 0.5) is 5.69 Å². The average Bonchev–Trinajstić information content (AvgIpc) is 2.80. The van der Waals surface area contributed by atoms with E-state index in [9.17, 15) is 0 Å². The van der Waals surface area contributed by atoms with Crippen LogP contribution < -0.4 is 5.32 Å². The van der Waals surface area contributed by atoms with Gasteiger partial charge in [0.05, 0.1) is 11.4 Å². The second kappa shape index (κ2) is 5.99. The van der Waals surface area contributed by atoms with Crippen LogP contribution in [-0.2, 0) is 13.5 Å². The molecule has 4 nitrogen and oxygen atoms in total. The lowest BCUT2D eigenvalue weighted by Gasteiger charge is -2.33. The van der Waals surface area contributed by atoms with E-state index >= 15 is 0 Å². The average molecular weight is 280 g/mol. The molecule has 1 aromatic rings. The van der Waals surface area contributed by atoms with Crippen molar-refractivity contribution in [3.05, 3.63) is 11.9 Å². The Morgan fingerprint density at radius 1 is 1.37 bits per heavy atom. The van der Waals surface area contributed by atoms with E-state index < -0.39 is 0 Å². The molecule has 0 aliphatic carbocycles. The number of rotatable bonds is 4. The van der Waals surface area contributed by atoms with E-state index in [2.05, 4.69) is 31.2 Å². The number of aromatic nitrogens is 2. The molecule has 0 fully saturated rings. The Morgan fingerprint density at radius 2 is 2.11 bits per heavy atom. The number of anilines is 1. The molecule has 1 N–H and O–H groups in total. The SMILES string of the molecule is CCc1nn(C)cc1NC1=NCC(CC)(CC)CS1. The Morgan fingerprint density at radius 3 is 2.63 bits per heavy atom. The number of aryl methyl sites for hydroxylation is 2. The maximum atomic E-state index is 4.74. The summed E-state index contributed by atoms with van der Waals surface area (Å²) in [6.07, 6.45) is 5.39. The quantitative estimate of drug-likeness (QED) is 0.920. The summed E-state index contributed by atoms with van der Waals surface area (Å²) in [5, 5.41) is 8.92. The highest BCUT2D eigenvalue weighted by Gasteiger charge is 2.30. The number of hydrogen-bond donors (Lipinski definition) is 1. The molecule has 0 saturated heterocycles. The number of aliphatic imine (C=N–C) groups is 1. The van der Waals surface area contributed by atoms with Gasteiger partial charge in [-0.05, 0) is 24.7 Å². The number of thioether (sulfide) groups is 1. The zero-order valence-corrected chi connectivity index (χ0v) is 13.2. The van der Waals surface area contributed by atoms with Gasteiger partial charge in [-0.3, -0.25) is 9.67 Å². The van der Waals surface area contributed by atoms with Gasteiger partial charge in [-0.1, -0.05) is 32.5 Å².